The number of anilines is 1. The van der Waals surface area contributed by atoms with Gasteiger partial charge in [-0.05, 0) is 18.6 Å². The quantitative estimate of drug-likeness (QED) is 0.368. The highest BCUT2D eigenvalue weighted by atomic mass is 19.1. The van der Waals surface area contributed by atoms with Crippen LogP contribution in [0.3, 0.4) is 0 Å². The highest BCUT2D eigenvalue weighted by Gasteiger charge is 2.16. The van der Waals surface area contributed by atoms with Gasteiger partial charge in [0.15, 0.2) is 5.84 Å². The SMILES string of the molecule is CCCCN(C)c1c(F)cc(C(N)=NO)cc1F. The van der Waals surface area contributed by atoms with Crippen molar-refractivity contribution in [1.82, 2.24) is 0 Å². The molecule has 100 valence electrons. The molecular formula is C12H17F2N3O. The van der Waals surface area contributed by atoms with Gasteiger partial charge < -0.3 is 15.8 Å². The number of oxime groups is 1. The maximum Gasteiger partial charge on any atom is 0.170 e. The van der Waals surface area contributed by atoms with E-state index in [4.69, 9.17) is 10.9 Å². The molecule has 3 N–H and O–H groups in total. The summed E-state index contributed by atoms with van der Waals surface area (Å²) in [5, 5.41) is 11.2. The van der Waals surface area contributed by atoms with E-state index in [1.54, 1.807) is 7.05 Å². The zero-order valence-electron chi connectivity index (χ0n) is 10.5. The molecule has 0 heterocycles. The van der Waals surface area contributed by atoms with Crippen molar-refractivity contribution in [3.8, 4) is 0 Å². The third kappa shape index (κ3) is 3.09. The fourth-order valence-electron chi connectivity index (χ4n) is 1.64. The molecule has 0 aliphatic rings. The molecule has 0 aliphatic heterocycles. The van der Waals surface area contributed by atoms with Crippen molar-refractivity contribution >= 4 is 11.5 Å². The molecular weight excluding hydrogens is 240 g/mol. The van der Waals surface area contributed by atoms with Gasteiger partial charge in [0.05, 0.1) is 0 Å². The van der Waals surface area contributed by atoms with Gasteiger partial charge >= 0.3 is 0 Å². The van der Waals surface area contributed by atoms with Crippen molar-refractivity contribution in [3.05, 3.63) is 29.3 Å². The summed E-state index contributed by atoms with van der Waals surface area (Å²) < 4.78 is 27.6. The highest BCUT2D eigenvalue weighted by molar-refractivity contribution is 5.97. The van der Waals surface area contributed by atoms with Crippen LogP contribution in [0.5, 0.6) is 0 Å². The predicted octanol–water partition coefficient (Wildman–Crippen LogP) is 2.30. The number of unbranched alkanes of at least 4 members (excludes halogenated alkanes) is 1. The van der Waals surface area contributed by atoms with Gasteiger partial charge in [0.1, 0.15) is 17.3 Å². The second-order valence-corrected chi connectivity index (χ2v) is 4.05. The molecule has 0 spiro atoms. The highest BCUT2D eigenvalue weighted by Crippen LogP contribution is 2.24. The zero-order chi connectivity index (χ0) is 13.7. The first-order chi connectivity index (χ1) is 8.51. The third-order valence-electron chi connectivity index (χ3n) is 2.65. The number of hydrogen-bond acceptors (Lipinski definition) is 3. The Morgan fingerprint density at radius 1 is 1.39 bits per heavy atom. The van der Waals surface area contributed by atoms with Gasteiger partial charge in [0.25, 0.3) is 0 Å². The van der Waals surface area contributed by atoms with Gasteiger partial charge in [0.2, 0.25) is 0 Å². The molecule has 0 unspecified atom stereocenters. The van der Waals surface area contributed by atoms with E-state index in [0.717, 1.165) is 25.0 Å². The fourth-order valence-corrected chi connectivity index (χ4v) is 1.64. The minimum absolute atomic E-state index is 0.0140. The van der Waals surface area contributed by atoms with Crippen molar-refractivity contribution in [2.24, 2.45) is 10.9 Å². The molecule has 0 aliphatic carbocycles. The van der Waals surface area contributed by atoms with E-state index in [-0.39, 0.29) is 17.1 Å². The van der Waals surface area contributed by atoms with E-state index in [0.29, 0.717) is 6.54 Å². The Balaban J connectivity index is 3.08. The molecule has 1 rings (SSSR count). The lowest BCUT2D eigenvalue weighted by Gasteiger charge is -2.20. The van der Waals surface area contributed by atoms with Crippen molar-refractivity contribution in [1.29, 1.82) is 0 Å². The standard InChI is InChI=1S/C12H17F2N3O/c1-3-4-5-17(2)11-9(13)6-8(7-10(11)14)12(15)16-18/h6-7,18H,3-5H2,1-2H3,(H2,15,16). The molecule has 4 nitrogen and oxygen atoms in total. The van der Waals surface area contributed by atoms with Gasteiger partial charge in [0, 0.05) is 19.2 Å². The second kappa shape index (κ2) is 6.18. The molecule has 0 atom stereocenters. The Bertz CT molecular complexity index is 426. The summed E-state index contributed by atoms with van der Waals surface area (Å²) in [6.07, 6.45) is 1.78. The summed E-state index contributed by atoms with van der Waals surface area (Å²) in [7, 11) is 1.63. The Hall–Kier alpha value is -1.85. The third-order valence-corrected chi connectivity index (χ3v) is 2.65. The first-order valence-electron chi connectivity index (χ1n) is 5.69. The maximum atomic E-state index is 13.8. The van der Waals surface area contributed by atoms with Gasteiger partial charge in [-0.15, -0.1) is 0 Å². The number of halogens is 2. The molecule has 1 aromatic rings. The van der Waals surface area contributed by atoms with Crippen LogP contribution in [0, 0.1) is 11.6 Å². The van der Waals surface area contributed by atoms with E-state index in [2.05, 4.69) is 5.16 Å². The summed E-state index contributed by atoms with van der Waals surface area (Å²) in [6, 6.07) is 2.10. The average molecular weight is 257 g/mol. The largest absolute Gasteiger partial charge is 0.409 e. The first kappa shape index (κ1) is 14.2. The molecule has 1 aromatic carbocycles. The first-order valence-corrected chi connectivity index (χ1v) is 5.69. The normalized spacial score (nSPS) is 11.7. The topological polar surface area (TPSA) is 61.8 Å². The molecule has 0 aromatic heterocycles. The van der Waals surface area contributed by atoms with Gasteiger partial charge in [-0.25, -0.2) is 8.78 Å². The van der Waals surface area contributed by atoms with Crippen LogP contribution in [-0.2, 0) is 0 Å². The summed E-state index contributed by atoms with van der Waals surface area (Å²) in [5.41, 5.74) is 5.21. The van der Waals surface area contributed by atoms with Crippen LogP contribution < -0.4 is 10.6 Å². The van der Waals surface area contributed by atoms with Crippen LogP contribution in [0.1, 0.15) is 25.3 Å². The van der Waals surface area contributed by atoms with Crippen molar-refractivity contribution in [3.63, 3.8) is 0 Å². The molecule has 0 saturated carbocycles. The Labute approximate surface area is 105 Å². The van der Waals surface area contributed by atoms with Crippen molar-refractivity contribution in [2.45, 2.75) is 19.8 Å². The smallest absolute Gasteiger partial charge is 0.170 e. The number of amidine groups is 1. The summed E-state index contributed by atoms with van der Waals surface area (Å²) in [5.74, 6) is -1.78. The van der Waals surface area contributed by atoms with Gasteiger partial charge in [-0.1, -0.05) is 18.5 Å². The summed E-state index contributed by atoms with van der Waals surface area (Å²) in [4.78, 5) is 1.52. The fraction of sp³-hybridized carbons (Fsp3) is 0.417. The lowest BCUT2D eigenvalue weighted by molar-refractivity contribution is 0.318. The van der Waals surface area contributed by atoms with Crippen LogP contribution in [0.4, 0.5) is 14.5 Å². The van der Waals surface area contributed by atoms with Crippen LogP contribution in [-0.4, -0.2) is 24.6 Å². The Morgan fingerprint density at radius 3 is 2.39 bits per heavy atom. The number of benzene rings is 1. The molecule has 18 heavy (non-hydrogen) atoms. The molecule has 0 bridgehead atoms. The summed E-state index contributed by atoms with van der Waals surface area (Å²) in [6.45, 7) is 2.56. The van der Waals surface area contributed by atoms with E-state index < -0.39 is 11.6 Å². The van der Waals surface area contributed by atoms with E-state index in [1.807, 2.05) is 6.92 Å². The lowest BCUT2D eigenvalue weighted by atomic mass is 10.1. The predicted molar refractivity (Wildman–Crippen MR) is 67.0 cm³/mol. The number of rotatable bonds is 5. The van der Waals surface area contributed by atoms with Crippen LogP contribution in [0.15, 0.2) is 17.3 Å². The molecule has 0 amide bonds. The minimum Gasteiger partial charge on any atom is -0.409 e. The van der Waals surface area contributed by atoms with Gasteiger partial charge in [-0.2, -0.15) is 0 Å². The Kier molecular flexibility index (Phi) is 4.88. The minimum atomic E-state index is -0.727. The van der Waals surface area contributed by atoms with E-state index >= 15 is 0 Å². The molecule has 0 saturated heterocycles. The lowest BCUT2D eigenvalue weighted by Crippen LogP contribution is -2.22. The Morgan fingerprint density at radius 2 is 1.94 bits per heavy atom. The van der Waals surface area contributed by atoms with Crippen molar-refractivity contribution in [2.75, 3.05) is 18.5 Å². The van der Waals surface area contributed by atoms with Crippen LogP contribution >= 0.6 is 0 Å². The van der Waals surface area contributed by atoms with E-state index in [9.17, 15) is 8.78 Å². The monoisotopic (exact) mass is 257 g/mol. The molecule has 6 heteroatoms. The maximum absolute atomic E-state index is 13.8. The zero-order valence-corrected chi connectivity index (χ0v) is 10.5. The van der Waals surface area contributed by atoms with E-state index in [1.165, 1.54) is 4.90 Å². The second-order valence-electron chi connectivity index (χ2n) is 4.05. The molecule has 0 radical (unpaired) electrons. The van der Waals surface area contributed by atoms with Crippen molar-refractivity contribution < 1.29 is 14.0 Å². The summed E-state index contributed by atoms with van der Waals surface area (Å²) >= 11 is 0. The number of hydrogen-bond donors (Lipinski definition) is 2. The van der Waals surface area contributed by atoms with Crippen LogP contribution in [0.25, 0.3) is 0 Å². The molecule has 0 fully saturated rings. The number of nitrogens with zero attached hydrogens (tertiary/aromatic N) is 2. The average Bonchev–Trinajstić information content (AvgIpc) is 2.34. The van der Waals surface area contributed by atoms with Crippen LogP contribution in [0.2, 0.25) is 0 Å². The number of nitrogens with two attached hydrogens (primary N) is 1. The van der Waals surface area contributed by atoms with Gasteiger partial charge in [-0.3, -0.25) is 0 Å².